The molecule has 30 heavy (non-hydrogen) atoms. The molecule has 0 spiro atoms. The third-order valence-corrected chi connectivity index (χ3v) is 10.7. The van der Waals surface area contributed by atoms with Crippen LogP contribution in [0.3, 0.4) is 0 Å². The van der Waals surface area contributed by atoms with E-state index >= 15 is 0 Å². The Morgan fingerprint density at radius 2 is 1.43 bits per heavy atom. The van der Waals surface area contributed by atoms with Crippen LogP contribution < -0.4 is 10.4 Å². The first kappa shape index (κ1) is 24.3. The van der Waals surface area contributed by atoms with E-state index in [4.69, 9.17) is 9.16 Å². The number of ether oxygens (including phenoxy) is 1. The number of hydrogen-bond acceptors (Lipinski definition) is 4. The first-order chi connectivity index (χ1) is 14.1. The number of rotatable bonds is 9. The van der Waals surface area contributed by atoms with E-state index in [9.17, 15) is 9.90 Å². The summed E-state index contributed by atoms with van der Waals surface area (Å²) in [6.07, 6.45) is -0.831. The Morgan fingerprint density at radius 3 is 1.83 bits per heavy atom. The molecule has 0 unspecified atom stereocenters. The molecule has 0 saturated carbocycles. The highest BCUT2D eigenvalue weighted by atomic mass is 28.4. The summed E-state index contributed by atoms with van der Waals surface area (Å²) in [4.78, 5) is 12.1. The van der Waals surface area contributed by atoms with E-state index in [0.29, 0.717) is 13.2 Å². The number of esters is 1. The van der Waals surface area contributed by atoms with Crippen molar-refractivity contribution in [1.82, 2.24) is 0 Å². The average molecular weight is 429 g/mol. The summed E-state index contributed by atoms with van der Waals surface area (Å²) in [6.45, 7) is 12.7. The lowest BCUT2D eigenvalue weighted by Gasteiger charge is -2.44. The van der Waals surface area contributed by atoms with Gasteiger partial charge in [-0.2, -0.15) is 0 Å². The average Bonchev–Trinajstić information content (AvgIpc) is 2.73. The van der Waals surface area contributed by atoms with Gasteiger partial charge < -0.3 is 14.3 Å². The maximum absolute atomic E-state index is 12.1. The summed E-state index contributed by atoms with van der Waals surface area (Å²) in [5.74, 6) is -1.18. The van der Waals surface area contributed by atoms with Gasteiger partial charge in [0.25, 0.3) is 8.32 Å². The lowest BCUT2D eigenvalue weighted by molar-refractivity contribution is -0.152. The van der Waals surface area contributed by atoms with E-state index in [1.807, 2.05) is 19.1 Å². The molecule has 0 radical (unpaired) electrons. The quantitative estimate of drug-likeness (QED) is 0.488. The van der Waals surface area contributed by atoms with Gasteiger partial charge in [0, 0.05) is 12.5 Å². The minimum absolute atomic E-state index is 0.132. The van der Waals surface area contributed by atoms with Crippen molar-refractivity contribution in [3.05, 3.63) is 60.7 Å². The van der Waals surface area contributed by atoms with Crippen LogP contribution in [0.4, 0.5) is 0 Å². The molecule has 2 rings (SSSR count). The Balaban J connectivity index is 2.38. The molecule has 2 aromatic rings. The first-order valence-electron chi connectivity index (χ1n) is 10.7. The lowest BCUT2D eigenvalue weighted by Crippen LogP contribution is -2.67. The van der Waals surface area contributed by atoms with Crippen LogP contribution in [0, 0.1) is 11.8 Å². The number of benzene rings is 2. The van der Waals surface area contributed by atoms with Gasteiger partial charge in [-0.3, -0.25) is 4.79 Å². The summed E-state index contributed by atoms with van der Waals surface area (Å²) in [5, 5.41) is 13.0. The molecule has 0 amide bonds. The van der Waals surface area contributed by atoms with Crippen molar-refractivity contribution >= 4 is 24.7 Å². The predicted octanol–water partition coefficient (Wildman–Crippen LogP) is 3.76. The molecule has 2 aromatic carbocycles. The highest BCUT2D eigenvalue weighted by molar-refractivity contribution is 6.99. The standard InChI is InChI=1S/C25H36O4Si/c1-7-28-24(27)20(3)23(26)19(2)18-29-30(25(4,5)6,21-14-10-8-11-15-21)22-16-12-9-13-17-22/h8-17,19-20,23,26H,7,18H2,1-6H3/t19-,20-,23-/m1/s1. The molecule has 1 N–H and O–H groups in total. The molecule has 4 nitrogen and oxygen atoms in total. The third kappa shape index (κ3) is 5.20. The Hall–Kier alpha value is -1.95. The Bertz CT molecular complexity index is 746. The molecule has 0 aromatic heterocycles. The lowest BCUT2D eigenvalue weighted by atomic mass is 9.94. The van der Waals surface area contributed by atoms with Gasteiger partial charge in [0.1, 0.15) is 0 Å². The summed E-state index contributed by atoms with van der Waals surface area (Å²) < 4.78 is 11.9. The molecule has 0 fully saturated rings. The van der Waals surface area contributed by atoms with Crippen LogP contribution in [0.1, 0.15) is 41.5 Å². The van der Waals surface area contributed by atoms with Gasteiger partial charge in [0.2, 0.25) is 0 Å². The Labute approximate surface area is 182 Å². The number of carbonyl (C=O) groups excluding carboxylic acids is 1. The zero-order chi connectivity index (χ0) is 22.4. The minimum atomic E-state index is -2.66. The van der Waals surface area contributed by atoms with Crippen molar-refractivity contribution in [2.75, 3.05) is 13.2 Å². The highest BCUT2D eigenvalue weighted by Gasteiger charge is 2.50. The Morgan fingerprint density at radius 1 is 0.967 bits per heavy atom. The Kier molecular flexibility index (Phi) is 8.41. The molecular formula is C25H36O4Si. The molecule has 0 aliphatic heterocycles. The van der Waals surface area contributed by atoms with Crippen molar-refractivity contribution in [3.63, 3.8) is 0 Å². The molecule has 0 heterocycles. The molecule has 0 aliphatic rings. The van der Waals surface area contributed by atoms with Crippen LogP contribution in [0.25, 0.3) is 0 Å². The summed E-state index contributed by atoms with van der Waals surface area (Å²) in [5.41, 5.74) is 0. The van der Waals surface area contributed by atoms with Gasteiger partial charge in [0.05, 0.1) is 18.6 Å². The van der Waals surface area contributed by atoms with Crippen LogP contribution in [-0.2, 0) is 14.0 Å². The minimum Gasteiger partial charge on any atom is -0.466 e. The topological polar surface area (TPSA) is 55.8 Å². The van der Waals surface area contributed by atoms with E-state index < -0.39 is 20.3 Å². The van der Waals surface area contributed by atoms with E-state index in [0.717, 1.165) is 0 Å². The van der Waals surface area contributed by atoms with Crippen LogP contribution in [0.2, 0.25) is 5.04 Å². The fourth-order valence-electron chi connectivity index (χ4n) is 4.02. The molecule has 164 valence electrons. The number of carbonyl (C=O) groups is 1. The second kappa shape index (κ2) is 10.4. The van der Waals surface area contributed by atoms with Crippen molar-refractivity contribution < 1.29 is 19.1 Å². The molecule has 0 bridgehead atoms. The van der Waals surface area contributed by atoms with E-state index in [2.05, 4.69) is 69.3 Å². The molecule has 0 aliphatic carbocycles. The second-order valence-electron chi connectivity index (χ2n) is 8.98. The number of hydrogen-bond donors (Lipinski definition) is 1. The second-order valence-corrected chi connectivity index (χ2v) is 13.3. The number of aliphatic hydroxyl groups is 1. The molecule has 0 saturated heterocycles. The summed E-state index contributed by atoms with van der Waals surface area (Å²) in [7, 11) is -2.66. The van der Waals surface area contributed by atoms with Gasteiger partial charge in [-0.05, 0) is 29.3 Å². The smallest absolute Gasteiger partial charge is 0.311 e. The van der Waals surface area contributed by atoms with Crippen LogP contribution in [0.15, 0.2) is 60.7 Å². The van der Waals surface area contributed by atoms with Gasteiger partial charge in [-0.15, -0.1) is 0 Å². The van der Waals surface area contributed by atoms with Gasteiger partial charge in [0.15, 0.2) is 0 Å². The van der Waals surface area contributed by atoms with Gasteiger partial charge >= 0.3 is 5.97 Å². The van der Waals surface area contributed by atoms with Crippen LogP contribution in [-0.4, -0.2) is 38.7 Å². The predicted molar refractivity (Wildman–Crippen MR) is 125 cm³/mol. The monoisotopic (exact) mass is 428 g/mol. The summed E-state index contributed by atoms with van der Waals surface area (Å²) >= 11 is 0. The van der Waals surface area contributed by atoms with Gasteiger partial charge in [-0.1, -0.05) is 88.4 Å². The largest absolute Gasteiger partial charge is 0.466 e. The zero-order valence-electron chi connectivity index (χ0n) is 19.1. The van der Waals surface area contributed by atoms with Crippen molar-refractivity contribution in [2.24, 2.45) is 11.8 Å². The maximum atomic E-state index is 12.1. The van der Waals surface area contributed by atoms with E-state index in [-0.39, 0.29) is 16.9 Å². The van der Waals surface area contributed by atoms with Gasteiger partial charge in [-0.25, -0.2) is 0 Å². The van der Waals surface area contributed by atoms with E-state index in [1.54, 1.807) is 13.8 Å². The summed E-state index contributed by atoms with van der Waals surface area (Å²) in [6, 6.07) is 20.8. The zero-order valence-corrected chi connectivity index (χ0v) is 20.1. The molecule has 5 heteroatoms. The normalized spacial score (nSPS) is 15.3. The van der Waals surface area contributed by atoms with Crippen LogP contribution in [0.5, 0.6) is 0 Å². The first-order valence-corrected chi connectivity index (χ1v) is 12.7. The van der Waals surface area contributed by atoms with Crippen molar-refractivity contribution in [3.8, 4) is 0 Å². The van der Waals surface area contributed by atoms with Crippen LogP contribution >= 0.6 is 0 Å². The SMILES string of the molecule is CCOC(=O)[C@H](C)[C@H](O)[C@H](C)CO[Si](c1ccccc1)(c1ccccc1)C(C)(C)C. The fourth-order valence-corrected chi connectivity index (χ4v) is 8.69. The third-order valence-electron chi connectivity index (χ3n) is 5.73. The maximum Gasteiger partial charge on any atom is 0.311 e. The van der Waals surface area contributed by atoms with Crippen molar-refractivity contribution in [1.29, 1.82) is 0 Å². The number of aliphatic hydroxyl groups excluding tert-OH is 1. The highest BCUT2D eigenvalue weighted by Crippen LogP contribution is 2.37. The molecular weight excluding hydrogens is 392 g/mol. The van der Waals surface area contributed by atoms with Crippen molar-refractivity contribution in [2.45, 2.75) is 52.7 Å². The molecule has 3 atom stereocenters. The fraction of sp³-hybridized carbons (Fsp3) is 0.480. The van der Waals surface area contributed by atoms with E-state index in [1.165, 1.54) is 10.4 Å².